The number of amides is 1. The third-order valence-electron chi connectivity index (χ3n) is 5.70. The predicted molar refractivity (Wildman–Crippen MR) is 102 cm³/mol. The van der Waals surface area contributed by atoms with Gasteiger partial charge < -0.3 is 10.1 Å². The number of nitrogens with one attached hydrogen (secondary N) is 1. The Kier molecular flexibility index (Phi) is 5.45. The highest BCUT2D eigenvalue weighted by Gasteiger charge is 2.52. The zero-order valence-electron chi connectivity index (χ0n) is 15.7. The van der Waals surface area contributed by atoms with Crippen molar-refractivity contribution in [3.05, 3.63) is 59.7 Å². The van der Waals surface area contributed by atoms with Crippen LogP contribution in [0.4, 0.5) is 0 Å². The predicted octanol–water partition coefficient (Wildman–Crippen LogP) is 1.94. The highest BCUT2D eigenvalue weighted by Crippen LogP contribution is 2.41. The lowest BCUT2D eigenvalue weighted by atomic mass is 9.80. The minimum absolute atomic E-state index is 0.124. The van der Waals surface area contributed by atoms with E-state index < -0.39 is 0 Å². The van der Waals surface area contributed by atoms with Crippen LogP contribution in [0.5, 0.6) is 0 Å². The van der Waals surface area contributed by atoms with Gasteiger partial charge in [0.2, 0.25) is 5.91 Å². The Hall–Kier alpha value is -2.31. The Balaban J connectivity index is 1.25. The average Bonchev–Trinajstić information content (AvgIpc) is 3.25. The molecule has 3 aliphatic rings. The molecule has 1 amide bonds. The molecule has 1 saturated carbocycles. The third-order valence-corrected chi connectivity index (χ3v) is 5.70. The van der Waals surface area contributed by atoms with Gasteiger partial charge in [-0.25, -0.2) is 9.97 Å². The fourth-order valence-corrected chi connectivity index (χ4v) is 4.23. The quantitative estimate of drug-likeness (QED) is 0.773. The van der Waals surface area contributed by atoms with Crippen LogP contribution in [0.2, 0.25) is 0 Å². The van der Waals surface area contributed by atoms with E-state index in [1.54, 1.807) is 13.3 Å². The molecule has 1 aromatic heterocycles. The lowest BCUT2D eigenvalue weighted by molar-refractivity contribution is -0.122. The topological polar surface area (TPSA) is 67.3 Å². The molecular weight excluding hydrogens is 340 g/mol. The fraction of sp³-hybridized carbons (Fsp3) is 0.476. The van der Waals surface area contributed by atoms with Crippen LogP contribution in [0.15, 0.2) is 42.9 Å². The molecule has 3 fully saturated rings. The van der Waals surface area contributed by atoms with Crippen molar-refractivity contribution in [2.45, 2.75) is 44.5 Å². The van der Waals surface area contributed by atoms with Gasteiger partial charge in [0.25, 0.3) is 0 Å². The van der Waals surface area contributed by atoms with Crippen molar-refractivity contribution in [3.8, 4) is 0 Å². The second-order valence-electron chi connectivity index (χ2n) is 7.54. The number of hydrogen-bond donors (Lipinski definition) is 1. The lowest BCUT2D eigenvalue weighted by Gasteiger charge is -2.37. The Morgan fingerprint density at radius 2 is 2.07 bits per heavy atom. The molecule has 3 heterocycles. The fourth-order valence-electron chi connectivity index (χ4n) is 4.23. The number of ether oxygens (including phenoxy) is 1. The monoisotopic (exact) mass is 366 g/mol. The van der Waals surface area contributed by atoms with Gasteiger partial charge in [0.05, 0.1) is 6.61 Å². The van der Waals surface area contributed by atoms with Crippen molar-refractivity contribution >= 4 is 5.91 Å². The first-order valence-electron chi connectivity index (χ1n) is 9.58. The van der Waals surface area contributed by atoms with Crippen molar-refractivity contribution in [1.82, 2.24) is 20.2 Å². The minimum atomic E-state index is 0.124. The highest BCUT2D eigenvalue weighted by atomic mass is 16.5. The van der Waals surface area contributed by atoms with Gasteiger partial charge in [-0.1, -0.05) is 24.3 Å². The lowest BCUT2D eigenvalue weighted by Crippen LogP contribution is -2.54. The van der Waals surface area contributed by atoms with Crippen molar-refractivity contribution in [1.29, 1.82) is 0 Å². The maximum Gasteiger partial charge on any atom is 0.220 e. The van der Waals surface area contributed by atoms with Gasteiger partial charge in [0.1, 0.15) is 6.33 Å². The third kappa shape index (κ3) is 4.17. The minimum Gasteiger partial charge on any atom is -0.380 e. The summed E-state index contributed by atoms with van der Waals surface area (Å²) in [5.74, 6) is 0.713. The molecule has 3 atom stereocenters. The Morgan fingerprint density at radius 1 is 1.26 bits per heavy atom. The zero-order chi connectivity index (χ0) is 18.6. The van der Waals surface area contributed by atoms with E-state index in [4.69, 9.17) is 4.74 Å². The van der Waals surface area contributed by atoms with Gasteiger partial charge >= 0.3 is 0 Å². The largest absolute Gasteiger partial charge is 0.380 e. The number of aryl methyl sites for hydroxylation is 1. The average molecular weight is 366 g/mol. The number of fused-ring (bicyclic) bond motifs is 1. The van der Waals surface area contributed by atoms with Crippen molar-refractivity contribution in [3.63, 3.8) is 0 Å². The van der Waals surface area contributed by atoms with Crippen LogP contribution in [0.3, 0.4) is 0 Å². The molecule has 1 aromatic carbocycles. The maximum absolute atomic E-state index is 12.3. The zero-order valence-corrected chi connectivity index (χ0v) is 15.7. The number of carbonyl (C=O) groups excluding carboxylic acids is 1. The number of rotatable bonds is 8. The molecule has 1 N–H and O–H groups in total. The second kappa shape index (κ2) is 8.15. The van der Waals surface area contributed by atoms with Gasteiger partial charge in [-0.15, -0.1) is 0 Å². The molecule has 142 valence electrons. The van der Waals surface area contributed by atoms with Crippen LogP contribution in [-0.2, 0) is 29.1 Å². The van der Waals surface area contributed by atoms with Crippen molar-refractivity contribution in [2.75, 3.05) is 13.7 Å². The smallest absolute Gasteiger partial charge is 0.220 e. The molecule has 6 nitrogen and oxygen atoms in total. The summed E-state index contributed by atoms with van der Waals surface area (Å²) in [5.41, 5.74) is 3.42. The van der Waals surface area contributed by atoms with E-state index in [0.29, 0.717) is 37.5 Å². The van der Waals surface area contributed by atoms with E-state index in [-0.39, 0.29) is 5.91 Å². The molecule has 2 saturated heterocycles. The first-order valence-corrected chi connectivity index (χ1v) is 9.58. The van der Waals surface area contributed by atoms with Gasteiger partial charge in [-0.3, -0.25) is 9.69 Å². The number of nitrogens with zero attached hydrogens (tertiary/aromatic N) is 3. The standard InChI is InChI=1S/C21H26N4O2/c1-27-13-16-4-2-15(3-5-16)11-25-12-17-10-19(25)21(17)24-20(26)7-6-18-8-9-22-14-23-18/h2-5,8-9,14,17,19,21H,6-7,10-13H2,1H3,(H,24,26). The summed E-state index contributed by atoms with van der Waals surface area (Å²) in [6.45, 7) is 2.67. The Labute approximate surface area is 160 Å². The maximum atomic E-state index is 12.3. The molecule has 5 rings (SSSR count). The van der Waals surface area contributed by atoms with Crippen LogP contribution < -0.4 is 5.32 Å². The summed E-state index contributed by atoms with van der Waals surface area (Å²) >= 11 is 0. The van der Waals surface area contributed by atoms with E-state index in [1.807, 2.05) is 6.07 Å². The molecule has 2 aliphatic heterocycles. The molecular formula is C21H26N4O2. The van der Waals surface area contributed by atoms with Crippen molar-refractivity contribution in [2.24, 2.45) is 5.92 Å². The first kappa shape index (κ1) is 18.1. The molecule has 3 unspecified atom stereocenters. The first-order chi connectivity index (χ1) is 13.2. The Bertz CT molecular complexity index is 766. The van der Waals surface area contributed by atoms with E-state index in [2.05, 4.69) is 44.5 Å². The van der Waals surface area contributed by atoms with Gasteiger partial charge in [0, 0.05) is 50.6 Å². The van der Waals surface area contributed by atoms with Crippen LogP contribution in [0, 0.1) is 5.92 Å². The Morgan fingerprint density at radius 3 is 2.81 bits per heavy atom. The summed E-state index contributed by atoms with van der Waals surface area (Å²) in [6, 6.07) is 11.3. The number of hydrogen-bond acceptors (Lipinski definition) is 5. The van der Waals surface area contributed by atoms with E-state index in [9.17, 15) is 4.79 Å². The summed E-state index contributed by atoms with van der Waals surface area (Å²) in [4.78, 5) is 22.9. The number of benzene rings is 1. The molecule has 0 spiro atoms. The second-order valence-corrected chi connectivity index (χ2v) is 7.54. The highest BCUT2D eigenvalue weighted by molar-refractivity contribution is 5.76. The van der Waals surface area contributed by atoms with Crippen molar-refractivity contribution < 1.29 is 9.53 Å². The number of carbonyl (C=O) groups is 1. The van der Waals surface area contributed by atoms with Crippen LogP contribution >= 0.6 is 0 Å². The summed E-state index contributed by atoms with van der Waals surface area (Å²) in [7, 11) is 1.72. The van der Waals surface area contributed by atoms with Crippen LogP contribution in [-0.4, -0.2) is 46.5 Å². The van der Waals surface area contributed by atoms with E-state index in [1.165, 1.54) is 23.9 Å². The number of methoxy groups -OCH3 is 1. The molecule has 2 aromatic rings. The van der Waals surface area contributed by atoms with E-state index >= 15 is 0 Å². The molecule has 2 bridgehead atoms. The van der Waals surface area contributed by atoms with Gasteiger partial charge in [-0.05, 0) is 36.0 Å². The summed E-state index contributed by atoms with van der Waals surface area (Å²) in [5, 5.41) is 3.25. The van der Waals surface area contributed by atoms with Gasteiger partial charge in [-0.2, -0.15) is 0 Å². The molecule has 0 radical (unpaired) electrons. The van der Waals surface area contributed by atoms with Gasteiger partial charge in [0.15, 0.2) is 0 Å². The SMILES string of the molecule is COCc1ccc(CN2CC3CC2C3NC(=O)CCc2ccncn2)cc1. The summed E-state index contributed by atoms with van der Waals surface area (Å²) in [6.07, 6.45) is 5.58. The van der Waals surface area contributed by atoms with Crippen LogP contribution in [0.1, 0.15) is 29.7 Å². The van der Waals surface area contributed by atoms with Crippen LogP contribution in [0.25, 0.3) is 0 Å². The normalized spacial score (nSPS) is 23.8. The molecule has 27 heavy (non-hydrogen) atoms. The molecule has 1 aliphatic carbocycles. The molecule has 6 heteroatoms. The van der Waals surface area contributed by atoms with E-state index in [0.717, 1.165) is 18.8 Å². The number of aromatic nitrogens is 2. The summed E-state index contributed by atoms with van der Waals surface area (Å²) < 4.78 is 5.17.